The summed E-state index contributed by atoms with van der Waals surface area (Å²) in [5.74, 6) is -0.692. The second-order valence-electron chi connectivity index (χ2n) is 11.3. The Labute approximate surface area is 201 Å². The fourth-order valence-corrected chi connectivity index (χ4v) is 9.00. The maximum atomic E-state index is 11.9. The first-order valence-corrected chi connectivity index (χ1v) is 16.6. The van der Waals surface area contributed by atoms with Crippen LogP contribution in [0.25, 0.3) is 10.8 Å². The van der Waals surface area contributed by atoms with E-state index in [4.69, 9.17) is 4.55 Å². The molecular weight excluding hydrogens is 470 g/mol. The molecule has 182 valence electrons. The van der Waals surface area contributed by atoms with Crippen LogP contribution in [-0.2, 0) is 14.9 Å². The molecule has 7 nitrogen and oxygen atoms in total. The number of fused-ring (bicyclic) bond motifs is 2. The molecule has 2 aromatic rings. The zero-order valence-electron chi connectivity index (χ0n) is 20.2. The van der Waals surface area contributed by atoms with Gasteiger partial charge in [0.1, 0.15) is 5.78 Å². The number of imide groups is 1. The number of carbonyl (C=O) groups is 3. The van der Waals surface area contributed by atoms with E-state index in [0.717, 1.165) is 17.2 Å². The number of nitrogens with one attached hydrogen (secondary N) is 1. The Morgan fingerprint density at radius 1 is 1.03 bits per heavy atom. The van der Waals surface area contributed by atoms with Crippen molar-refractivity contribution in [1.29, 1.82) is 0 Å². The highest BCUT2D eigenvalue weighted by molar-refractivity contribution is 7.85. The number of carbonyl (C=O) groups excluding carboxylic acids is 3. The average Bonchev–Trinajstić information content (AvgIpc) is 3.04. The van der Waals surface area contributed by atoms with Gasteiger partial charge in [-0.1, -0.05) is 56.9 Å². The molecule has 5 rings (SSSR count). The van der Waals surface area contributed by atoms with Crippen LogP contribution in [0, 0.1) is 16.7 Å². The Hall–Kier alpha value is -2.36. The van der Waals surface area contributed by atoms with Gasteiger partial charge in [0, 0.05) is 22.9 Å². The Morgan fingerprint density at radius 2 is 1.65 bits per heavy atom. The smallest absolute Gasteiger partial charge is 0.265 e. The van der Waals surface area contributed by atoms with Crippen LogP contribution >= 0.6 is 0 Å². The van der Waals surface area contributed by atoms with E-state index in [1.807, 2.05) is 38.1 Å². The summed E-state index contributed by atoms with van der Waals surface area (Å²) in [6.45, 7) is 10.7. The van der Waals surface area contributed by atoms with Gasteiger partial charge < -0.3 is 0 Å². The van der Waals surface area contributed by atoms with Gasteiger partial charge in [-0.3, -0.25) is 24.3 Å². The standard InChI is InChI=1S/C15H15NO2Si.C10H16O4S/c1-19(2,3)12-8-7-11-13-9(12)5-4-6-10(13)14(17)16-15(11)18;1-9(2)7-3-4-10(9,8(11)5-7)6-15(12,13)14/h4-8H,1-3H3,(H,16,17,18);7H,3-6H2,1-2H3,(H,12,13,14). The molecular formula is C25H31NO6SSi. The summed E-state index contributed by atoms with van der Waals surface area (Å²) in [4.78, 5) is 35.7. The Bertz CT molecular complexity index is 1320. The van der Waals surface area contributed by atoms with Crippen molar-refractivity contribution in [2.45, 2.75) is 52.8 Å². The van der Waals surface area contributed by atoms with Crippen LogP contribution in [0.5, 0.6) is 0 Å². The minimum Gasteiger partial charge on any atom is -0.299 e. The van der Waals surface area contributed by atoms with Crippen LogP contribution < -0.4 is 10.5 Å². The van der Waals surface area contributed by atoms with Crippen molar-refractivity contribution < 1.29 is 27.4 Å². The van der Waals surface area contributed by atoms with Gasteiger partial charge in [0.05, 0.1) is 19.2 Å². The molecule has 2 fully saturated rings. The van der Waals surface area contributed by atoms with Crippen LogP contribution in [-0.4, -0.2) is 44.4 Å². The largest absolute Gasteiger partial charge is 0.299 e. The first-order valence-electron chi connectivity index (χ1n) is 11.5. The third-order valence-corrected chi connectivity index (χ3v) is 11.0. The van der Waals surface area contributed by atoms with Gasteiger partial charge in [0.25, 0.3) is 21.9 Å². The van der Waals surface area contributed by atoms with Crippen molar-refractivity contribution in [2.24, 2.45) is 16.7 Å². The molecule has 0 aromatic heterocycles. The molecule has 2 aliphatic carbocycles. The second-order valence-corrected chi connectivity index (χ2v) is 17.8. The van der Waals surface area contributed by atoms with Crippen LogP contribution in [0.2, 0.25) is 19.6 Å². The average molecular weight is 502 g/mol. The molecule has 9 heteroatoms. The molecule has 3 aliphatic rings. The summed E-state index contributed by atoms with van der Waals surface area (Å²) in [6, 6.07) is 9.58. The van der Waals surface area contributed by atoms with E-state index < -0.39 is 29.4 Å². The maximum Gasteiger partial charge on any atom is 0.265 e. The van der Waals surface area contributed by atoms with Gasteiger partial charge in [-0.15, -0.1) is 0 Å². The summed E-state index contributed by atoms with van der Waals surface area (Å²) < 4.78 is 31.0. The summed E-state index contributed by atoms with van der Waals surface area (Å²) >= 11 is 0. The summed E-state index contributed by atoms with van der Waals surface area (Å²) in [5, 5.41) is 5.54. The lowest BCUT2D eigenvalue weighted by molar-refractivity contribution is -0.128. The normalized spacial score (nSPS) is 25.2. The van der Waals surface area contributed by atoms with Crippen LogP contribution in [0.3, 0.4) is 0 Å². The van der Waals surface area contributed by atoms with E-state index >= 15 is 0 Å². The number of amides is 2. The van der Waals surface area contributed by atoms with Gasteiger partial charge in [0.2, 0.25) is 0 Å². The van der Waals surface area contributed by atoms with E-state index in [1.54, 1.807) is 6.07 Å². The molecule has 2 aromatic carbocycles. The second kappa shape index (κ2) is 7.83. The predicted octanol–water partition coefficient (Wildman–Crippen LogP) is 3.54. The molecule has 2 saturated carbocycles. The Morgan fingerprint density at radius 3 is 2.15 bits per heavy atom. The van der Waals surface area contributed by atoms with Crippen molar-refractivity contribution in [1.82, 2.24) is 5.32 Å². The molecule has 1 heterocycles. The Balaban J connectivity index is 0.000000166. The molecule has 2 N–H and O–H groups in total. The molecule has 34 heavy (non-hydrogen) atoms. The van der Waals surface area contributed by atoms with Crippen molar-refractivity contribution >= 4 is 51.7 Å². The van der Waals surface area contributed by atoms with E-state index in [2.05, 4.69) is 25.0 Å². The number of hydrogen-bond acceptors (Lipinski definition) is 5. The lowest BCUT2D eigenvalue weighted by Gasteiger charge is -2.35. The minimum atomic E-state index is -4.08. The molecule has 2 amide bonds. The molecule has 0 saturated heterocycles. The topological polar surface area (TPSA) is 118 Å². The first kappa shape index (κ1) is 24.8. The molecule has 2 bridgehead atoms. The van der Waals surface area contributed by atoms with Gasteiger partial charge in [-0.2, -0.15) is 8.42 Å². The quantitative estimate of drug-likeness (QED) is 0.377. The highest BCUT2D eigenvalue weighted by Crippen LogP contribution is 2.64. The molecule has 2 unspecified atom stereocenters. The summed E-state index contributed by atoms with van der Waals surface area (Å²) in [5.41, 5.74) is 0.0879. The fraction of sp³-hybridized carbons (Fsp3) is 0.480. The lowest BCUT2D eigenvalue weighted by atomic mass is 9.70. The van der Waals surface area contributed by atoms with E-state index in [9.17, 15) is 22.8 Å². The predicted molar refractivity (Wildman–Crippen MR) is 134 cm³/mol. The van der Waals surface area contributed by atoms with Gasteiger partial charge in [0.15, 0.2) is 0 Å². The Kier molecular flexibility index (Phi) is 5.70. The van der Waals surface area contributed by atoms with Crippen molar-refractivity contribution in [3.63, 3.8) is 0 Å². The minimum absolute atomic E-state index is 0.0152. The van der Waals surface area contributed by atoms with E-state index in [1.165, 1.54) is 5.19 Å². The van der Waals surface area contributed by atoms with Gasteiger partial charge >= 0.3 is 0 Å². The van der Waals surface area contributed by atoms with Crippen molar-refractivity contribution in [3.05, 3.63) is 41.5 Å². The maximum absolute atomic E-state index is 11.9. The molecule has 0 spiro atoms. The summed E-state index contributed by atoms with van der Waals surface area (Å²) in [6.07, 6.45) is 1.97. The number of Topliss-reactive ketones (excluding diaryl/α,β-unsaturated/α-hetero) is 1. The fourth-order valence-electron chi connectivity index (χ4n) is 6.10. The van der Waals surface area contributed by atoms with E-state index in [0.29, 0.717) is 24.0 Å². The summed E-state index contributed by atoms with van der Waals surface area (Å²) in [7, 11) is -5.60. The van der Waals surface area contributed by atoms with Crippen LogP contribution in [0.4, 0.5) is 0 Å². The van der Waals surface area contributed by atoms with Crippen LogP contribution in [0.1, 0.15) is 53.8 Å². The number of ketones is 1. The highest BCUT2D eigenvalue weighted by Gasteiger charge is 2.65. The van der Waals surface area contributed by atoms with Crippen LogP contribution in [0.15, 0.2) is 30.3 Å². The molecule has 2 atom stereocenters. The first-order chi connectivity index (χ1) is 15.6. The molecule has 1 aliphatic heterocycles. The third kappa shape index (κ3) is 3.83. The zero-order chi connectivity index (χ0) is 25.3. The van der Waals surface area contributed by atoms with Gasteiger partial charge in [-0.05, 0) is 41.7 Å². The van der Waals surface area contributed by atoms with Gasteiger partial charge in [-0.25, -0.2) is 0 Å². The SMILES string of the molecule is CC1(C)C2CCC1(CS(=O)(=O)O)C(=O)C2.C[Si](C)(C)c1ccc2c3c(cccc13)C(=O)NC2=O. The highest BCUT2D eigenvalue weighted by atomic mass is 32.2. The van der Waals surface area contributed by atoms with Crippen molar-refractivity contribution in [2.75, 3.05) is 5.75 Å². The number of hydrogen-bond donors (Lipinski definition) is 2. The number of rotatable bonds is 3. The number of benzene rings is 2. The lowest BCUT2D eigenvalue weighted by Crippen LogP contribution is -2.42. The monoisotopic (exact) mass is 501 g/mol. The van der Waals surface area contributed by atoms with E-state index in [-0.39, 0.29) is 28.9 Å². The molecule has 0 radical (unpaired) electrons. The third-order valence-electron chi connectivity index (χ3n) is 8.13. The zero-order valence-corrected chi connectivity index (χ0v) is 22.0. The van der Waals surface area contributed by atoms with Crippen molar-refractivity contribution in [3.8, 4) is 0 Å².